The molecule has 0 saturated carbocycles. The van der Waals surface area contributed by atoms with Gasteiger partial charge in [-0.3, -0.25) is 0 Å². The second-order valence-electron chi connectivity index (χ2n) is 5.07. The van der Waals surface area contributed by atoms with E-state index in [1.807, 2.05) is 0 Å². The van der Waals surface area contributed by atoms with Gasteiger partial charge >= 0.3 is 0 Å². The van der Waals surface area contributed by atoms with Crippen molar-refractivity contribution in [3.8, 4) is 5.75 Å². The van der Waals surface area contributed by atoms with Gasteiger partial charge in [0.2, 0.25) is 10.0 Å². The molecule has 20 heavy (non-hydrogen) atoms. The van der Waals surface area contributed by atoms with E-state index in [0.29, 0.717) is 18.2 Å². The summed E-state index contributed by atoms with van der Waals surface area (Å²) in [6, 6.07) is 6.42. The minimum absolute atomic E-state index is 0.278. The van der Waals surface area contributed by atoms with Crippen LogP contribution >= 0.6 is 0 Å². The number of hydrogen-bond donors (Lipinski definition) is 2. The standard InChI is InChI=1S/C14H22N2O3S/c1-19-13-4-6-14(7-5-13)20(17,18)16-10-8-12-3-2-9-15-11-12/h4-7,12,15-16H,2-3,8-11H2,1H3. The van der Waals surface area contributed by atoms with Crippen LogP contribution in [0.3, 0.4) is 0 Å². The molecule has 0 spiro atoms. The maximum Gasteiger partial charge on any atom is 0.240 e. The predicted molar refractivity (Wildman–Crippen MR) is 78.4 cm³/mol. The summed E-state index contributed by atoms with van der Waals surface area (Å²) in [5.41, 5.74) is 0. The maximum absolute atomic E-state index is 12.1. The van der Waals surface area contributed by atoms with E-state index in [1.54, 1.807) is 31.4 Å². The van der Waals surface area contributed by atoms with E-state index in [0.717, 1.165) is 19.5 Å². The van der Waals surface area contributed by atoms with Crippen LogP contribution in [0.15, 0.2) is 29.2 Å². The van der Waals surface area contributed by atoms with Gasteiger partial charge in [-0.25, -0.2) is 13.1 Å². The molecule has 1 aliphatic heterocycles. The van der Waals surface area contributed by atoms with Gasteiger partial charge in [0, 0.05) is 6.54 Å². The molecular formula is C14H22N2O3S. The van der Waals surface area contributed by atoms with Gasteiger partial charge in [-0.1, -0.05) is 0 Å². The number of sulfonamides is 1. The van der Waals surface area contributed by atoms with Crippen molar-refractivity contribution in [2.24, 2.45) is 5.92 Å². The predicted octanol–water partition coefficient (Wildman–Crippen LogP) is 1.36. The molecule has 0 aliphatic carbocycles. The Morgan fingerprint density at radius 2 is 2.10 bits per heavy atom. The van der Waals surface area contributed by atoms with Crippen molar-refractivity contribution < 1.29 is 13.2 Å². The summed E-state index contributed by atoms with van der Waals surface area (Å²) in [6.45, 7) is 2.55. The fourth-order valence-corrected chi connectivity index (χ4v) is 3.45. The Kier molecular flexibility index (Phi) is 5.39. The van der Waals surface area contributed by atoms with Crippen molar-refractivity contribution in [1.82, 2.24) is 10.0 Å². The zero-order valence-electron chi connectivity index (χ0n) is 11.8. The number of ether oxygens (including phenoxy) is 1. The highest BCUT2D eigenvalue weighted by molar-refractivity contribution is 7.89. The molecule has 112 valence electrons. The lowest BCUT2D eigenvalue weighted by Gasteiger charge is -2.22. The van der Waals surface area contributed by atoms with E-state index in [9.17, 15) is 8.42 Å². The number of benzene rings is 1. The molecular weight excluding hydrogens is 276 g/mol. The fourth-order valence-electron chi connectivity index (χ4n) is 2.41. The Bertz CT molecular complexity index is 508. The monoisotopic (exact) mass is 298 g/mol. The lowest BCUT2D eigenvalue weighted by Crippen LogP contribution is -2.33. The smallest absolute Gasteiger partial charge is 0.240 e. The van der Waals surface area contributed by atoms with Crippen LogP contribution in [0.4, 0.5) is 0 Å². The molecule has 0 amide bonds. The molecule has 2 rings (SSSR count). The highest BCUT2D eigenvalue weighted by atomic mass is 32.2. The molecule has 1 saturated heterocycles. The Balaban J connectivity index is 1.86. The lowest BCUT2D eigenvalue weighted by atomic mass is 9.96. The number of methoxy groups -OCH3 is 1. The van der Waals surface area contributed by atoms with Crippen molar-refractivity contribution in [3.05, 3.63) is 24.3 Å². The van der Waals surface area contributed by atoms with Crippen molar-refractivity contribution in [2.75, 3.05) is 26.7 Å². The third kappa shape index (κ3) is 4.19. The molecule has 0 bridgehead atoms. The SMILES string of the molecule is COc1ccc(S(=O)(=O)NCCC2CCCNC2)cc1. The second-order valence-corrected chi connectivity index (χ2v) is 6.84. The van der Waals surface area contributed by atoms with Gasteiger partial charge in [0.15, 0.2) is 0 Å². The van der Waals surface area contributed by atoms with Gasteiger partial charge in [-0.05, 0) is 62.5 Å². The van der Waals surface area contributed by atoms with E-state index in [2.05, 4.69) is 10.0 Å². The molecule has 0 radical (unpaired) electrons. The van der Waals surface area contributed by atoms with Crippen LogP contribution in [0.5, 0.6) is 5.75 Å². The van der Waals surface area contributed by atoms with Crippen molar-refractivity contribution in [1.29, 1.82) is 0 Å². The number of nitrogens with one attached hydrogen (secondary N) is 2. The highest BCUT2D eigenvalue weighted by Crippen LogP contribution is 2.16. The average molecular weight is 298 g/mol. The van der Waals surface area contributed by atoms with Crippen LogP contribution < -0.4 is 14.8 Å². The first kappa shape index (κ1) is 15.3. The van der Waals surface area contributed by atoms with E-state index in [-0.39, 0.29) is 4.90 Å². The van der Waals surface area contributed by atoms with Gasteiger partial charge in [0.05, 0.1) is 12.0 Å². The van der Waals surface area contributed by atoms with E-state index in [1.165, 1.54) is 12.8 Å². The van der Waals surface area contributed by atoms with Crippen LogP contribution in [0, 0.1) is 5.92 Å². The minimum atomic E-state index is -3.41. The first-order chi connectivity index (χ1) is 9.62. The second kappa shape index (κ2) is 7.06. The summed E-state index contributed by atoms with van der Waals surface area (Å²) in [7, 11) is -1.86. The summed E-state index contributed by atoms with van der Waals surface area (Å²) < 4.78 is 31.9. The molecule has 1 aromatic carbocycles. The average Bonchev–Trinajstić information content (AvgIpc) is 2.48. The van der Waals surface area contributed by atoms with E-state index < -0.39 is 10.0 Å². The first-order valence-electron chi connectivity index (χ1n) is 6.96. The summed E-state index contributed by atoms with van der Waals surface area (Å²) in [5, 5.41) is 3.34. The summed E-state index contributed by atoms with van der Waals surface area (Å²) in [6.07, 6.45) is 3.23. The minimum Gasteiger partial charge on any atom is -0.497 e. The summed E-state index contributed by atoms with van der Waals surface area (Å²) in [5.74, 6) is 1.22. The Morgan fingerprint density at radius 3 is 2.70 bits per heavy atom. The summed E-state index contributed by atoms with van der Waals surface area (Å²) in [4.78, 5) is 0.278. The van der Waals surface area contributed by atoms with Crippen LogP contribution in [0.1, 0.15) is 19.3 Å². The van der Waals surface area contributed by atoms with Crippen molar-refractivity contribution in [2.45, 2.75) is 24.2 Å². The fraction of sp³-hybridized carbons (Fsp3) is 0.571. The Labute approximate surface area is 120 Å². The number of rotatable bonds is 6. The molecule has 1 heterocycles. The Morgan fingerprint density at radius 1 is 1.35 bits per heavy atom. The third-order valence-electron chi connectivity index (χ3n) is 3.61. The number of piperidine rings is 1. The third-order valence-corrected chi connectivity index (χ3v) is 5.09. The van der Waals surface area contributed by atoms with Crippen LogP contribution in [0.25, 0.3) is 0 Å². The first-order valence-corrected chi connectivity index (χ1v) is 8.44. The zero-order valence-corrected chi connectivity index (χ0v) is 12.6. The van der Waals surface area contributed by atoms with Crippen LogP contribution in [-0.2, 0) is 10.0 Å². The maximum atomic E-state index is 12.1. The zero-order chi connectivity index (χ0) is 14.4. The largest absolute Gasteiger partial charge is 0.497 e. The molecule has 1 unspecified atom stereocenters. The quantitative estimate of drug-likeness (QED) is 0.832. The van der Waals surface area contributed by atoms with Crippen molar-refractivity contribution >= 4 is 10.0 Å². The van der Waals surface area contributed by atoms with Crippen LogP contribution in [0.2, 0.25) is 0 Å². The molecule has 1 fully saturated rings. The molecule has 1 aromatic rings. The lowest BCUT2D eigenvalue weighted by molar-refractivity contribution is 0.358. The van der Waals surface area contributed by atoms with E-state index >= 15 is 0 Å². The number of hydrogen-bond acceptors (Lipinski definition) is 4. The van der Waals surface area contributed by atoms with Gasteiger partial charge in [-0.2, -0.15) is 0 Å². The molecule has 6 heteroatoms. The Hall–Kier alpha value is -1.11. The van der Waals surface area contributed by atoms with E-state index in [4.69, 9.17) is 4.74 Å². The van der Waals surface area contributed by atoms with Crippen molar-refractivity contribution in [3.63, 3.8) is 0 Å². The molecule has 2 N–H and O–H groups in total. The highest BCUT2D eigenvalue weighted by Gasteiger charge is 2.16. The molecule has 1 atom stereocenters. The van der Waals surface area contributed by atoms with Gasteiger partial charge < -0.3 is 10.1 Å². The topological polar surface area (TPSA) is 67.4 Å². The molecule has 5 nitrogen and oxygen atoms in total. The molecule has 0 aromatic heterocycles. The van der Waals surface area contributed by atoms with Crippen LogP contribution in [-0.4, -0.2) is 35.2 Å². The normalized spacial score (nSPS) is 19.8. The van der Waals surface area contributed by atoms with Gasteiger partial charge in [0.25, 0.3) is 0 Å². The van der Waals surface area contributed by atoms with Gasteiger partial charge in [0.1, 0.15) is 5.75 Å². The molecule has 1 aliphatic rings. The van der Waals surface area contributed by atoms with Gasteiger partial charge in [-0.15, -0.1) is 0 Å². The summed E-state index contributed by atoms with van der Waals surface area (Å²) >= 11 is 0.